The van der Waals surface area contributed by atoms with Gasteiger partial charge in [0, 0.05) is 5.69 Å². The first kappa shape index (κ1) is 22.3. The van der Waals surface area contributed by atoms with Gasteiger partial charge in [0.15, 0.2) is 0 Å². The predicted octanol–water partition coefficient (Wildman–Crippen LogP) is 5.80. The van der Waals surface area contributed by atoms with E-state index in [4.69, 9.17) is 4.74 Å². The standard InChI is InChI=1S/C28H28N2O3/c1-5-15-33-23-12-10-21(11-13-23)25-26(29-24-14-9-19(3)16-20(24)4)28(32)30(27(25)31)22-8-6-7-18(2)17-22/h6-14,16-17,29H,5,15H2,1-4H3. The number of carbonyl (C=O) groups excluding carboxylic acids is 2. The average molecular weight is 441 g/mol. The van der Waals surface area contributed by atoms with Gasteiger partial charge < -0.3 is 10.1 Å². The first-order chi connectivity index (χ1) is 15.9. The Morgan fingerprint density at radius 3 is 2.24 bits per heavy atom. The molecule has 5 nitrogen and oxygen atoms in total. The van der Waals surface area contributed by atoms with E-state index in [9.17, 15) is 9.59 Å². The van der Waals surface area contributed by atoms with Crippen LogP contribution < -0.4 is 15.0 Å². The molecule has 5 heteroatoms. The lowest BCUT2D eigenvalue weighted by atomic mass is 10.0. The number of hydrogen-bond acceptors (Lipinski definition) is 4. The Balaban J connectivity index is 1.78. The van der Waals surface area contributed by atoms with Crippen LogP contribution in [0.4, 0.5) is 11.4 Å². The molecular formula is C28H28N2O3. The molecule has 2 amide bonds. The molecule has 1 aliphatic rings. The molecule has 0 aromatic heterocycles. The van der Waals surface area contributed by atoms with E-state index < -0.39 is 0 Å². The van der Waals surface area contributed by atoms with Gasteiger partial charge in [-0.1, -0.05) is 48.9 Å². The second-order valence-electron chi connectivity index (χ2n) is 8.35. The highest BCUT2D eigenvalue weighted by atomic mass is 16.5. The summed E-state index contributed by atoms with van der Waals surface area (Å²) in [5, 5.41) is 3.26. The van der Waals surface area contributed by atoms with Crippen LogP contribution in [0.2, 0.25) is 0 Å². The molecule has 0 aliphatic carbocycles. The van der Waals surface area contributed by atoms with Crippen LogP contribution in [-0.2, 0) is 9.59 Å². The fourth-order valence-corrected chi connectivity index (χ4v) is 3.94. The van der Waals surface area contributed by atoms with Gasteiger partial charge in [-0.2, -0.15) is 0 Å². The lowest BCUT2D eigenvalue weighted by Crippen LogP contribution is -2.32. The van der Waals surface area contributed by atoms with E-state index in [-0.39, 0.29) is 17.5 Å². The molecule has 0 bridgehead atoms. The summed E-state index contributed by atoms with van der Waals surface area (Å²) in [6, 6.07) is 20.7. The molecule has 0 unspecified atom stereocenters. The number of nitrogens with zero attached hydrogens (tertiary/aromatic N) is 1. The molecule has 3 aromatic rings. The summed E-state index contributed by atoms with van der Waals surface area (Å²) in [6.07, 6.45) is 0.912. The summed E-state index contributed by atoms with van der Waals surface area (Å²) in [5.41, 5.74) is 5.75. The minimum Gasteiger partial charge on any atom is -0.494 e. The quantitative estimate of drug-likeness (QED) is 0.472. The molecule has 3 aromatic carbocycles. The topological polar surface area (TPSA) is 58.6 Å². The first-order valence-electron chi connectivity index (χ1n) is 11.2. The molecule has 1 N–H and O–H groups in total. The summed E-state index contributed by atoms with van der Waals surface area (Å²) < 4.78 is 5.68. The number of anilines is 2. The third-order valence-electron chi connectivity index (χ3n) is 5.60. The number of rotatable bonds is 7. The second kappa shape index (κ2) is 9.33. The van der Waals surface area contributed by atoms with E-state index >= 15 is 0 Å². The normalized spacial score (nSPS) is 13.6. The van der Waals surface area contributed by atoms with Crippen molar-refractivity contribution in [2.24, 2.45) is 0 Å². The highest BCUT2D eigenvalue weighted by Crippen LogP contribution is 2.35. The summed E-state index contributed by atoms with van der Waals surface area (Å²) >= 11 is 0. The summed E-state index contributed by atoms with van der Waals surface area (Å²) in [5.74, 6) is 0.0179. The Labute approximate surface area is 194 Å². The Morgan fingerprint density at radius 2 is 1.58 bits per heavy atom. The Kier molecular flexibility index (Phi) is 6.31. The van der Waals surface area contributed by atoms with Crippen LogP contribution in [0.1, 0.15) is 35.6 Å². The molecule has 1 heterocycles. The molecule has 1 aliphatic heterocycles. The number of nitrogens with one attached hydrogen (secondary N) is 1. The van der Waals surface area contributed by atoms with Crippen molar-refractivity contribution in [1.29, 1.82) is 0 Å². The maximum atomic E-state index is 13.6. The summed E-state index contributed by atoms with van der Waals surface area (Å²) in [4.78, 5) is 28.4. The van der Waals surface area contributed by atoms with Crippen LogP contribution in [0.3, 0.4) is 0 Å². The molecule has 33 heavy (non-hydrogen) atoms. The third-order valence-corrected chi connectivity index (χ3v) is 5.60. The predicted molar refractivity (Wildman–Crippen MR) is 132 cm³/mol. The SMILES string of the molecule is CCCOc1ccc(C2=C(Nc3ccc(C)cc3C)C(=O)N(c3cccc(C)c3)C2=O)cc1. The van der Waals surface area contributed by atoms with Gasteiger partial charge in [-0.05, 0) is 74.2 Å². The van der Waals surface area contributed by atoms with E-state index in [1.54, 1.807) is 6.07 Å². The van der Waals surface area contributed by atoms with Gasteiger partial charge in [0.1, 0.15) is 11.4 Å². The maximum absolute atomic E-state index is 13.6. The third kappa shape index (κ3) is 4.53. The summed E-state index contributed by atoms with van der Waals surface area (Å²) in [6.45, 7) is 8.61. The molecule has 0 fully saturated rings. The van der Waals surface area contributed by atoms with Crippen molar-refractivity contribution in [2.45, 2.75) is 34.1 Å². The van der Waals surface area contributed by atoms with Crippen molar-refractivity contribution in [3.8, 4) is 5.75 Å². The zero-order chi connectivity index (χ0) is 23.5. The van der Waals surface area contributed by atoms with Crippen molar-refractivity contribution in [1.82, 2.24) is 0 Å². The van der Waals surface area contributed by atoms with Gasteiger partial charge >= 0.3 is 0 Å². The Morgan fingerprint density at radius 1 is 0.848 bits per heavy atom. The molecule has 0 saturated carbocycles. The van der Waals surface area contributed by atoms with Crippen LogP contribution in [0.25, 0.3) is 5.57 Å². The summed E-state index contributed by atoms with van der Waals surface area (Å²) in [7, 11) is 0. The fraction of sp³-hybridized carbons (Fsp3) is 0.214. The van der Waals surface area contributed by atoms with Crippen molar-refractivity contribution in [2.75, 3.05) is 16.8 Å². The van der Waals surface area contributed by atoms with E-state index in [0.717, 1.165) is 34.5 Å². The second-order valence-corrected chi connectivity index (χ2v) is 8.35. The highest BCUT2D eigenvalue weighted by Gasteiger charge is 2.40. The molecule has 0 spiro atoms. The minimum atomic E-state index is -0.369. The molecule has 0 atom stereocenters. The Hall–Kier alpha value is -3.86. The number of amides is 2. The monoisotopic (exact) mass is 440 g/mol. The zero-order valence-electron chi connectivity index (χ0n) is 19.4. The van der Waals surface area contributed by atoms with E-state index in [0.29, 0.717) is 23.4 Å². The molecule has 168 valence electrons. The van der Waals surface area contributed by atoms with E-state index in [1.165, 1.54) is 4.90 Å². The van der Waals surface area contributed by atoms with Crippen LogP contribution in [0.15, 0.2) is 72.4 Å². The van der Waals surface area contributed by atoms with Crippen LogP contribution >= 0.6 is 0 Å². The number of hydrogen-bond donors (Lipinski definition) is 1. The van der Waals surface area contributed by atoms with Gasteiger partial charge in [-0.15, -0.1) is 0 Å². The van der Waals surface area contributed by atoms with Crippen molar-refractivity contribution in [3.05, 3.63) is 94.7 Å². The van der Waals surface area contributed by atoms with Crippen molar-refractivity contribution in [3.63, 3.8) is 0 Å². The minimum absolute atomic E-state index is 0.274. The lowest BCUT2D eigenvalue weighted by molar-refractivity contribution is -0.120. The molecule has 0 saturated heterocycles. The lowest BCUT2D eigenvalue weighted by Gasteiger charge is -2.16. The zero-order valence-corrected chi connectivity index (χ0v) is 19.4. The number of imide groups is 1. The number of carbonyl (C=O) groups is 2. The van der Waals surface area contributed by atoms with Crippen LogP contribution in [-0.4, -0.2) is 18.4 Å². The molecule has 0 radical (unpaired) electrons. The largest absolute Gasteiger partial charge is 0.494 e. The molecular weight excluding hydrogens is 412 g/mol. The van der Waals surface area contributed by atoms with Gasteiger partial charge in [0.05, 0.1) is 17.9 Å². The van der Waals surface area contributed by atoms with Gasteiger partial charge in [-0.3, -0.25) is 9.59 Å². The smallest absolute Gasteiger partial charge is 0.282 e. The van der Waals surface area contributed by atoms with Crippen LogP contribution in [0.5, 0.6) is 5.75 Å². The van der Waals surface area contributed by atoms with Crippen LogP contribution in [0, 0.1) is 20.8 Å². The highest BCUT2D eigenvalue weighted by molar-refractivity contribution is 6.46. The average Bonchev–Trinajstić information content (AvgIpc) is 3.04. The van der Waals surface area contributed by atoms with Gasteiger partial charge in [0.2, 0.25) is 0 Å². The van der Waals surface area contributed by atoms with Gasteiger partial charge in [-0.25, -0.2) is 4.90 Å². The van der Waals surface area contributed by atoms with Gasteiger partial charge in [0.25, 0.3) is 11.8 Å². The van der Waals surface area contributed by atoms with Crippen molar-refractivity contribution >= 4 is 28.8 Å². The molecule has 4 rings (SSSR count). The fourth-order valence-electron chi connectivity index (χ4n) is 3.94. The maximum Gasteiger partial charge on any atom is 0.282 e. The van der Waals surface area contributed by atoms with Crippen molar-refractivity contribution < 1.29 is 14.3 Å². The first-order valence-corrected chi connectivity index (χ1v) is 11.2. The number of benzene rings is 3. The van der Waals surface area contributed by atoms with E-state index in [1.807, 2.05) is 88.4 Å². The van der Waals surface area contributed by atoms with E-state index in [2.05, 4.69) is 5.32 Å². The number of aryl methyl sites for hydroxylation is 3. The number of ether oxygens (including phenoxy) is 1. The Bertz CT molecular complexity index is 1240.